The van der Waals surface area contributed by atoms with Crippen LogP contribution in [0.4, 0.5) is 0 Å². The molecule has 0 atom stereocenters. The second kappa shape index (κ2) is 3.42. The molecule has 0 bridgehead atoms. The molecule has 0 aliphatic rings. The van der Waals surface area contributed by atoms with E-state index < -0.39 is 0 Å². The lowest BCUT2D eigenvalue weighted by molar-refractivity contribution is 0.101. The number of ketones is 1. The Morgan fingerprint density at radius 3 is 2.50 bits per heavy atom. The minimum atomic E-state index is -0.153. The fourth-order valence-corrected chi connectivity index (χ4v) is 1.30. The van der Waals surface area contributed by atoms with Crippen LogP contribution in [0.15, 0.2) is 6.07 Å². The normalized spacial score (nSPS) is 10.0. The second-order valence-corrected chi connectivity index (χ2v) is 3.26. The van der Waals surface area contributed by atoms with Crippen LogP contribution in [0.1, 0.15) is 23.1 Å². The topological polar surface area (TPSA) is 30.0 Å². The Balaban J connectivity index is 3.33. The van der Waals surface area contributed by atoms with E-state index >= 15 is 0 Å². The summed E-state index contributed by atoms with van der Waals surface area (Å²) >= 11 is 11.5. The van der Waals surface area contributed by atoms with Crippen molar-refractivity contribution in [3.8, 4) is 0 Å². The number of aryl methyl sites for hydroxylation is 1. The SMILES string of the molecule is CC(=O)c1nc(C)c(Cl)cc1Cl. The number of carbonyl (C=O) groups excluding carboxylic acids is 1. The summed E-state index contributed by atoms with van der Waals surface area (Å²) in [6.07, 6.45) is 0. The number of carbonyl (C=O) groups is 1. The lowest BCUT2D eigenvalue weighted by Gasteiger charge is -2.01. The predicted molar refractivity (Wildman–Crippen MR) is 49.0 cm³/mol. The molecule has 0 spiro atoms. The molecule has 0 aliphatic heterocycles. The highest BCUT2D eigenvalue weighted by atomic mass is 35.5. The van der Waals surface area contributed by atoms with Crippen LogP contribution in [0, 0.1) is 6.92 Å². The fourth-order valence-electron chi connectivity index (χ4n) is 0.805. The number of pyridine rings is 1. The highest BCUT2D eigenvalue weighted by Crippen LogP contribution is 2.21. The molecule has 1 aromatic heterocycles. The molecule has 4 heteroatoms. The molecule has 0 radical (unpaired) electrons. The Morgan fingerprint density at radius 2 is 2.00 bits per heavy atom. The van der Waals surface area contributed by atoms with Crippen molar-refractivity contribution in [2.24, 2.45) is 0 Å². The number of halogens is 2. The van der Waals surface area contributed by atoms with Crippen LogP contribution in [0.5, 0.6) is 0 Å². The van der Waals surface area contributed by atoms with Gasteiger partial charge in [-0.3, -0.25) is 4.79 Å². The summed E-state index contributed by atoms with van der Waals surface area (Å²) in [4.78, 5) is 14.9. The number of rotatable bonds is 1. The third-order valence-corrected chi connectivity index (χ3v) is 2.11. The molecular formula is C8H7Cl2NO. The third-order valence-electron chi connectivity index (χ3n) is 1.44. The van der Waals surface area contributed by atoms with Crippen LogP contribution in [-0.4, -0.2) is 10.8 Å². The van der Waals surface area contributed by atoms with E-state index in [4.69, 9.17) is 23.2 Å². The van der Waals surface area contributed by atoms with E-state index in [1.54, 1.807) is 6.92 Å². The zero-order chi connectivity index (χ0) is 9.30. The second-order valence-electron chi connectivity index (χ2n) is 2.44. The molecule has 12 heavy (non-hydrogen) atoms. The first-order chi connectivity index (χ1) is 5.52. The third kappa shape index (κ3) is 1.76. The maximum absolute atomic E-state index is 10.9. The van der Waals surface area contributed by atoms with Crippen molar-refractivity contribution in [2.45, 2.75) is 13.8 Å². The summed E-state index contributed by atoms with van der Waals surface area (Å²) in [6.45, 7) is 3.15. The summed E-state index contributed by atoms with van der Waals surface area (Å²) < 4.78 is 0. The van der Waals surface area contributed by atoms with Gasteiger partial charge < -0.3 is 0 Å². The molecule has 0 aromatic carbocycles. The Bertz CT molecular complexity index is 336. The van der Waals surface area contributed by atoms with Crippen LogP contribution < -0.4 is 0 Å². The lowest BCUT2D eigenvalue weighted by Crippen LogP contribution is -1.99. The van der Waals surface area contributed by atoms with Gasteiger partial charge in [-0.2, -0.15) is 0 Å². The zero-order valence-corrected chi connectivity index (χ0v) is 8.20. The van der Waals surface area contributed by atoms with Crippen molar-refractivity contribution in [1.29, 1.82) is 0 Å². The van der Waals surface area contributed by atoms with Crippen molar-refractivity contribution in [2.75, 3.05) is 0 Å². The maximum Gasteiger partial charge on any atom is 0.179 e. The molecule has 2 nitrogen and oxygen atoms in total. The first-order valence-electron chi connectivity index (χ1n) is 3.36. The summed E-state index contributed by atoms with van der Waals surface area (Å²) in [6, 6.07) is 1.53. The van der Waals surface area contributed by atoms with Gasteiger partial charge in [0.1, 0.15) is 5.69 Å². The minimum absolute atomic E-state index is 0.153. The number of hydrogen-bond donors (Lipinski definition) is 0. The Morgan fingerprint density at radius 1 is 1.42 bits per heavy atom. The van der Waals surface area contributed by atoms with E-state index in [0.717, 1.165) is 0 Å². The average Bonchev–Trinajstić information content (AvgIpc) is 1.96. The van der Waals surface area contributed by atoms with Gasteiger partial charge in [0.2, 0.25) is 0 Å². The van der Waals surface area contributed by atoms with Crippen LogP contribution in [0.2, 0.25) is 10.0 Å². The van der Waals surface area contributed by atoms with Gasteiger partial charge in [-0.15, -0.1) is 0 Å². The first kappa shape index (κ1) is 9.49. The zero-order valence-electron chi connectivity index (χ0n) is 6.69. The van der Waals surface area contributed by atoms with Crippen molar-refractivity contribution in [3.05, 3.63) is 27.5 Å². The molecule has 0 unspecified atom stereocenters. The molecule has 64 valence electrons. The molecule has 0 fully saturated rings. The van der Waals surface area contributed by atoms with E-state index in [0.29, 0.717) is 15.7 Å². The fraction of sp³-hybridized carbons (Fsp3) is 0.250. The molecule has 0 aliphatic carbocycles. The highest BCUT2D eigenvalue weighted by Gasteiger charge is 2.09. The summed E-state index contributed by atoms with van der Waals surface area (Å²) in [5.41, 5.74) is 0.893. The predicted octanol–water partition coefficient (Wildman–Crippen LogP) is 2.90. The van der Waals surface area contributed by atoms with Crippen LogP contribution >= 0.6 is 23.2 Å². The van der Waals surface area contributed by atoms with Crippen molar-refractivity contribution in [3.63, 3.8) is 0 Å². The van der Waals surface area contributed by atoms with Crippen molar-refractivity contribution < 1.29 is 4.79 Å². The van der Waals surface area contributed by atoms with Crippen LogP contribution in [-0.2, 0) is 0 Å². The van der Waals surface area contributed by atoms with Crippen molar-refractivity contribution in [1.82, 2.24) is 4.98 Å². The van der Waals surface area contributed by atoms with Gasteiger partial charge in [-0.05, 0) is 13.0 Å². The number of aromatic nitrogens is 1. The van der Waals surface area contributed by atoms with Gasteiger partial charge in [0.25, 0.3) is 0 Å². The number of Topliss-reactive ketones (excluding diaryl/α,β-unsaturated/α-hetero) is 1. The molecule has 0 N–H and O–H groups in total. The van der Waals surface area contributed by atoms with E-state index in [9.17, 15) is 4.79 Å². The first-order valence-corrected chi connectivity index (χ1v) is 4.11. The summed E-state index contributed by atoms with van der Waals surface area (Å²) in [5, 5.41) is 0.781. The number of nitrogens with zero attached hydrogens (tertiary/aromatic N) is 1. The molecule has 0 saturated carbocycles. The lowest BCUT2D eigenvalue weighted by atomic mass is 10.2. The van der Waals surface area contributed by atoms with Gasteiger partial charge in [0.05, 0.1) is 15.7 Å². The largest absolute Gasteiger partial charge is 0.293 e. The average molecular weight is 204 g/mol. The Kier molecular flexibility index (Phi) is 2.70. The number of hydrogen-bond acceptors (Lipinski definition) is 2. The van der Waals surface area contributed by atoms with E-state index in [-0.39, 0.29) is 11.5 Å². The smallest absolute Gasteiger partial charge is 0.179 e. The van der Waals surface area contributed by atoms with Gasteiger partial charge >= 0.3 is 0 Å². The minimum Gasteiger partial charge on any atom is -0.293 e. The Hall–Kier alpha value is -0.600. The Labute approximate surface area is 80.5 Å². The van der Waals surface area contributed by atoms with Crippen LogP contribution in [0.25, 0.3) is 0 Å². The van der Waals surface area contributed by atoms with Crippen LogP contribution in [0.3, 0.4) is 0 Å². The molecule has 1 rings (SSSR count). The van der Waals surface area contributed by atoms with Gasteiger partial charge in [0.15, 0.2) is 5.78 Å². The quantitative estimate of drug-likeness (QED) is 0.658. The van der Waals surface area contributed by atoms with Crippen molar-refractivity contribution >= 4 is 29.0 Å². The van der Waals surface area contributed by atoms with E-state index in [2.05, 4.69) is 4.98 Å². The maximum atomic E-state index is 10.9. The van der Waals surface area contributed by atoms with E-state index in [1.807, 2.05) is 0 Å². The molecule has 0 amide bonds. The molecule has 0 saturated heterocycles. The monoisotopic (exact) mass is 203 g/mol. The summed E-state index contributed by atoms with van der Waals surface area (Å²) in [5.74, 6) is -0.153. The molecular weight excluding hydrogens is 197 g/mol. The van der Waals surface area contributed by atoms with E-state index in [1.165, 1.54) is 13.0 Å². The molecule has 1 aromatic rings. The molecule has 1 heterocycles. The van der Waals surface area contributed by atoms with Gasteiger partial charge in [-0.1, -0.05) is 23.2 Å². The standard InChI is InChI=1S/C8H7Cl2NO/c1-4-6(9)3-7(10)8(11-4)5(2)12/h3H,1-2H3. The summed E-state index contributed by atoms with van der Waals surface area (Å²) in [7, 11) is 0. The van der Waals surface area contributed by atoms with Gasteiger partial charge in [-0.25, -0.2) is 4.98 Å². The highest BCUT2D eigenvalue weighted by molar-refractivity contribution is 6.36. The van der Waals surface area contributed by atoms with Gasteiger partial charge in [0, 0.05) is 6.92 Å².